The molecule has 1 rings (SSSR count). The average Bonchev–Trinajstić information content (AvgIpc) is 2.81. The van der Waals surface area contributed by atoms with Crippen molar-refractivity contribution in [2.45, 2.75) is 39.0 Å². The molecule has 4 N–H and O–H groups in total. The molecule has 0 aromatic rings. The smallest absolute Gasteiger partial charge is 0.237 e. The van der Waals surface area contributed by atoms with E-state index in [0.717, 1.165) is 32.1 Å². The number of hydrogen-bond acceptors (Lipinski definition) is 3. The van der Waals surface area contributed by atoms with Gasteiger partial charge in [0.25, 0.3) is 0 Å². The second-order valence-electron chi connectivity index (χ2n) is 5.11. The van der Waals surface area contributed by atoms with Gasteiger partial charge in [0.2, 0.25) is 11.8 Å². The van der Waals surface area contributed by atoms with Crippen LogP contribution in [0.15, 0.2) is 0 Å². The van der Waals surface area contributed by atoms with Gasteiger partial charge in [-0.1, -0.05) is 19.8 Å². The van der Waals surface area contributed by atoms with Gasteiger partial charge in [-0.3, -0.25) is 9.59 Å². The monoisotopic (exact) mass is 255 g/mol. The predicted octanol–water partition coefficient (Wildman–Crippen LogP) is 0.475. The number of nitrogens with two attached hydrogens (primary N) is 2. The van der Waals surface area contributed by atoms with Crippen molar-refractivity contribution in [3.05, 3.63) is 0 Å². The van der Waals surface area contributed by atoms with Crippen LogP contribution in [0, 0.1) is 11.8 Å². The first-order valence-corrected chi connectivity index (χ1v) is 6.87. The van der Waals surface area contributed by atoms with Crippen LogP contribution in [0.3, 0.4) is 0 Å². The number of carbonyl (C=O) groups is 2. The van der Waals surface area contributed by atoms with Crippen LogP contribution in [0.4, 0.5) is 0 Å². The highest BCUT2D eigenvalue weighted by atomic mass is 16.2. The lowest BCUT2D eigenvalue weighted by molar-refractivity contribution is -0.139. The first-order valence-electron chi connectivity index (χ1n) is 6.87. The van der Waals surface area contributed by atoms with Crippen molar-refractivity contribution in [3.8, 4) is 0 Å². The molecule has 1 fully saturated rings. The van der Waals surface area contributed by atoms with E-state index in [4.69, 9.17) is 11.5 Å². The standard InChI is InChI=1S/C13H25N3O2/c1-2-3-7-16(9-12(15)17)13(18)11-6-4-5-10(11)8-14/h10-11H,2-9,14H2,1H3,(H2,15,17). The lowest BCUT2D eigenvalue weighted by Gasteiger charge is -2.27. The minimum absolute atomic E-state index is 0.00814. The van der Waals surface area contributed by atoms with Crippen LogP contribution in [0.25, 0.3) is 0 Å². The van der Waals surface area contributed by atoms with Crippen LogP contribution in [0.1, 0.15) is 39.0 Å². The zero-order chi connectivity index (χ0) is 13.5. The van der Waals surface area contributed by atoms with Crippen LogP contribution >= 0.6 is 0 Å². The van der Waals surface area contributed by atoms with Gasteiger partial charge in [0.15, 0.2) is 0 Å². The fraction of sp³-hybridized carbons (Fsp3) is 0.846. The van der Waals surface area contributed by atoms with Gasteiger partial charge in [0.05, 0.1) is 6.54 Å². The summed E-state index contributed by atoms with van der Waals surface area (Å²) >= 11 is 0. The number of unbranched alkanes of at least 4 members (excludes halogenated alkanes) is 1. The molecular formula is C13H25N3O2. The van der Waals surface area contributed by atoms with E-state index in [1.165, 1.54) is 0 Å². The van der Waals surface area contributed by atoms with E-state index in [0.29, 0.717) is 13.1 Å². The molecule has 0 bridgehead atoms. The summed E-state index contributed by atoms with van der Waals surface area (Å²) in [6.45, 7) is 3.26. The van der Waals surface area contributed by atoms with Crippen molar-refractivity contribution in [1.82, 2.24) is 4.90 Å². The first kappa shape index (κ1) is 15.0. The minimum atomic E-state index is -0.443. The lowest BCUT2D eigenvalue weighted by atomic mass is 9.94. The van der Waals surface area contributed by atoms with Gasteiger partial charge < -0.3 is 16.4 Å². The second-order valence-corrected chi connectivity index (χ2v) is 5.11. The van der Waals surface area contributed by atoms with Crippen LogP contribution < -0.4 is 11.5 Å². The molecular weight excluding hydrogens is 230 g/mol. The summed E-state index contributed by atoms with van der Waals surface area (Å²) in [5.41, 5.74) is 10.9. The fourth-order valence-corrected chi connectivity index (χ4v) is 2.68. The Morgan fingerprint density at radius 2 is 2.06 bits per heavy atom. The van der Waals surface area contributed by atoms with E-state index < -0.39 is 5.91 Å². The van der Waals surface area contributed by atoms with Gasteiger partial charge >= 0.3 is 0 Å². The molecule has 0 spiro atoms. The molecule has 0 saturated heterocycles. The topological polar surface area (TPSA) is 89.4 Å². The molecule has 0 aromatic heterocycles. The Morgan fingerprint density at radius 1 is 1.33 bits per heavy atom. The third-order valence-electron chi connectivity index (χ3n) is 3.72. The number of hydrogen-bond donors (Lipinski definition) is 2. The van der Waals surface area contributed by atoms with Gasteiger partial charge in [-0.2, -0.15) is 0 Å². The van der Waals surface area contributed by atoms with Crippen molar-refractivity contribution < 1.29 is 9.59 Å². The maximum absolute atomic E-state index is 12.4. The molecule has 0 aromatic carbocycles. The summed E-state index contributed by atoms with van der Waals surface area (Å²) < 4.78 is 0. The molecule has 5 heteroatoms. The van der Waals surface area contributed by atoms with Crippen molar-refractivity contribution in [2.75, 3.05) is 19.6 Å². The Morgan fingerprint density at radius 3 is 2.61 bits per heavy atom. The molecule has 1 saturated carbocycles. The number of rotatable bonds is 7. The lowest BCUT2D eigenvalue weighted by Crippen LogP contribution is -2.43. The summed E-state index contributed by atoms with van der Waals surface area (Å²) in [5, 5.41) is 0. The van der Waals surface area contributed by atoms with Crippen LogP contribution in [-0.2, 0) is 9.59 Å². The molecule has 2 unspecified atom stereocenters. The first-order chi connectivity index (χ1) is 8.60. The van der Waals surface area contributed by atoms with Gasteiger partial charge in [0, 0.05) is 12.5 Å². The molecule has 104 valence electrons. The third kappa shape index (κ3) is 3.98. The molecule has 1 aliphatic rings. The van der Waals surface area contributed by atoms with Crippen molar-refractivity contribution in [1.29, 1.82) is 0 Å². The van der Waals surface area contributed by atoms with Crippen LogP contribution in [0.2, 0.25) is 0 Å². The van der Waals surface area contributed by atoms with E-state index in [1.54, 1.807) is 4.90 Å². The average molecular weight is 255 g/mol. The Hall–Kier alpha value is -1.10. The molecule has 18 heavy (non-hydrogen) atoms. The zero-order valence-corrected chi connectivity index (χ0v) is 11.2. The number of nitrogens with zero attached hydrogens (tertiary/aromatic N) is 1. The van der Waals surface area contributed by atoms with E-state index >= 15 is 0 Å². The molecule has 0 aliphatic heterocycles. The van der Waals surface area contributed by atoms with Gasteiger partial charge in [0.1, 0.15) is 0 Å². The molecule has 0 radical (unpaired) electrons. The molecule has 0 heterocycles. The molecule has 2 atom stereocenters. The SMILES string of the molecule is CCCCN(CC(N)=O)C(=O)C1CCCC1CN. The Labute approximate surface area is 109 Å². The van der Waals surface area contributed by atoms with E-state index in [9.17, 15) is 9.59 Å². The highest BCUT2D eigenvalue weighted by Gasteiger charge is 2.34. The second kappa shape index (κ2) is 7.36. The van der Waals surface area contributed by atoms with Crippen molar-refractivity contribution >= 4 is 11.8 Å². The summed E-state index contributed by atoms with van der Waals surface area (Å²) in [4.78, 5) is 25.1. The highest BCUT2D eigenvalue weighted by Crippen LogP contribution is 2.32. The fourth-order valence-electron chi connectivity index (χ4n) is 2.68. The normalized spacial score (nSPS) is 23.0. The molecule has 2 amide bonds. The van der Waals surface area contributed by atoms with E-state index in [-0.39, 0.29) is 24.3 Å². The van der Waals surface area contributed by atoms with Gasteiger partial charge in [-0.15, -0.1) is 0 Å². The minimum Gasteiger partial charge on any atom is -0.368 e. The highest BCUT2D eigenvalue weighted by molar-refractivity contribution is 5.85. The quantitative estimate of drug-likeness (QED) is 0.693. The predicted molar refractivity (Wildman–Crippen MR) is 70.6 cm³/mol. The summed E-state index contributed by atoms with van der Waals surface area (Å²) in [6.07, 6.45) is 4.86. The third-order valence-corrected chi connectivity index (χ3v) is 3.72. The maximum Gasteiger partial charge on any atom is 0.237 e. The summed E-state index contributed by atoms with van der Waals surface area (Å²) in [5.74, 6) is -0.113. The Balaban J connectivity index is 2.64. The van der Waals surface area contributed by atoms with Gasteiger partial charge in [-0.25, -0.2) is 0 Å². The Kier molecular flexibility index (Phi) is 6.12. The van der Waals surface area contributed by atoms with E-state index in [1.807, 2.05) is 0 Å². The van der Waals surface area contributed by atoms with Crippen molar-refractivity contribution in [3.63, 3.8) is 0 Å². The van der Waals surface area contributed by atoms with Crippen molar-refractivity contribution in [2.24, 2.45) is 23.3 Å². The van der Waals surface area contributed by atoms with E-state index in [2.05, 4.69) is 6.92 Å². The van der Waals surface area contributed by atoms with Crippen LogP contribution in [0.5, 0.6) is 0 Å². The Bertz CT molecular complexity index is 294. The largest absolute Gasteiger partial charge is 0.368 e. The molecule has 1 aliphatic carbocycles. The maximum atomic E-state index is 12.4. The molecule has 5 nitrogen and oxygen atoms in total. The van der Waals surface area contributed by atoms with Crippen LogP contribution in [-0.4, -0.2) is 36.3 Å². The number of carbonyl (C=O) groups excluding carboxylic acids is 2. The number of amides is 2. The van der Waals surface area contributed by atoms with Gasteiger partial charge in [-0.05, 0) is 31.7 Å². The summed E-state index contributed by atoms with van der Waals surface area (Å²) in [6, 6.07) is 0. The number of primary amides is 1. The summed E-state index contributed by atoms with van der Waals surface area (Å²) in [7, 11) is 0. The zero-order valence-electron chi connectivity index (χ0n) is 11.2.